The van der Waals surface area contributed by atoms with Gasteiger partial charge in [0.05, 0.1) is 6.61 Å². The summed E-state index contributed by atoms with van der Waals surface area (Å²) in [5, 5.41) is 29.5. The molecule has 14 heteroatoms. The van der Waals surface area contributed by atoms with E-state index in [1.54, 1.807) is 0 Å². The van der Waals surface area contributed by atoms with Crippen LogP contribution in [0.25, 0.3) is 11.2 Å². The molecular weight excluding hydrogens is 349 g/mol. The van der Waals surface area contributed by atoms with Crippen molar-refractivity contribution in [3.63, 3.8) is 0 Å². The Morgan fingerprint density at radius 1 is 1.38 bits per heavy atom. The van der Waals surface area contributed by atoms with E-state index in [0.717, 1.165) is 6.33 Å². The Morgan fingerprint density at radius 2 is 2.08 bits per heavy atom. The number of hydrogen-bond donors (Lipinski definition) is 6. The van der Waals surface area contributed by atoms with Gasteiger partial charge >= 0.3 is 7.82 Å². The van der Waals surface area contributed by atoms with Gasteiger partial charge in [-0.3, -0.25) is 9.09 Å². The molecule has 24 heavy (non-hydrogen) atoms. The van der Waals surface area contributed by atoms with Crippen LogP contribution in [0.1, 0.15) is 6.23 Å². The van der Waals surface area contributed by atoms with E-state index in [0.29, 0.717) is 4.73 Å². The Hall–Kier alpha value is -1.86. The maximum absolute atomic E-state index is 10.7. The first-order valence-corrected chi connectivity index (χ1v) is 8.15. The molecule has 13 nitrogen and oxygen atoms in total. The van der Waals surface area contributed by atoms with Crippen LogP contribution in [-0.2, 0) is 13.8 Å². The van der Waals surface area contributed by atoms with Gasteiger partial charge in [0.1, 0.15) is 24.6 Å². The summed E-state index contributed by atoms with van der Waals surface area (Å²) in [6, 6.07) is 0. The van der Waals surface area contributed by atoms with Crippen LogP contribution in [0.2, 0.25) is 0 Å². The van der Waals surface area contributed by atoms with Crippen molar-refractivity contribution in [1.29, 1.82) is 0 Å². The second-order valence-corrected chi connectivity index (χ2v) is 6.37. The van der Waals surface area contributed by atoms with Crippen molar-refractivity contribution in [3.8, 4) is 0 Å². The number of imidazole rings is 1. The number of rotatable bonds is 4. The SMILES string of the molecule is Nc1c2ncn([C@@H]3O[C@H](COP(=O)(O)O)[C@@H](O)[C@H]3O)c2nc[n+]1O. The largest absolute Gasteiger partial charge is 0.469 e. The van der Waals surface area contributed by atoms with Gasteiger partial charge in [-0.15, -0.1) is 0 Å². The number of aliphatic hydroxyl groups is 2. The van der Waals surface area contributed by atoms with Gasteiger partial charge in [-0.1, -0.05) is 9.71 Å². The summed E-state index contributed by atoms with van der Waals surface area (Å²) in [5.41, 5.74) is 5.96. The minimum atomic E-state index is -4.75. The van der Waals surface area contributed by atoms with Crippen LogP contribution in [0.5, 0.6) is 0 Å². The summed E-state index contributed by atoms with van der Waals surface area (Å²) < 4.78 is 22.3. The van der Waals surface area contributed by atoms with Gasteiger partial charge in [0.25, 0.3) is 12.1 Å². The molecule has 0 saturated carbocycles. The zero-order chi connectivity index (χ0) is 17.6. The van der Waals surface area contributed by atoms with Crippen LogP contribution in [0.4, 0.5) is 5.82 Å². The standard InChI is InChI=1S/C10H14N5O8P/c11-8-5-9(13-3-15(8)18)14(2-12-5)10-7(17)6(16)4(23-10)1-22-24(19,20)21/h2-4,6-7,10-11,16-18H,1H2,(H2,19,20,21)/p+1/t4-,6-,7-,10-/m1/s1. The molecule has 2 aromatic rings. The van der Waals surface area contributed by atoms with Crippen LogP contribution in [0.3, 0.4) is 0 Å². The highest BCUT2D eigenvalue weighted by Crippen LogP contribution is 2.38. The van der Waals surface area contributed by atoms with Gasteiger partial charge in [0.15, 0.2) is 6.23 Å². The third kappa shape index (κ3) is 2.93. The Labute approximate surface area is 133 Å². The van der Waals surface area contributed by atoms with Gasteiger partial charge in [0.2, 0.25) is 11.2 Å². The molecule has 3 heterocycles. The van der Waals surface area contributed by atoms with Crippen LogP contribution in [0, 0.1) is 0 Å². The van der Waals surface area contributed by atoms with Crippen molar-refractivity contribution in [2.75, 3.05) is 12.3 Å². The molecule has 4 atom stereocenters. The Balaban J connectivity index is 1.88. The number of nitrogens with zero attached hydrogens (tertiary/aromatic N) is 4. The van der Waals surface area contributed by atoms with E-state index >= 15 is 0 Å². The van der Waals surface area contributed by atoms with E-state index < -0.39 is 39.0 Å². The highest BCUT2D eigenvalue weighted by atomic mass is 31.2. The second kappa shape index (κ2) is 5.89. The summed E-state index contributed by atoms with van der Waals surface area (Å²) in [6.07, 6.45) is -2.96. The second-order valence-electron chi connectivity index (χ2n) is 5.13. The monoisotopic (exact) mass is 364 g/mol. The summed E-state index contributed by atoms with van der Waals surface area (Å²) in [4.78, 5) is 25.3. The van der Waals surface area contributed by atoms with Crippen LogP contribution >= 0.6 is 7.82 Å². The molecule has 3 rings (SSSR count). The lowest BCUT2D eigenvalue weighted by Crippen LogP contribution is -2.35. The fourth-order valence-corrected chi connectivity index (χ4v) is 2.74. The number of phosphoric ester groups is 1. The van der Waals surface area contributed by atoms with Crippen molar-refractivity contribution < 1.29 is 43.8 Å². The number of ether oxygens (including phenoxy) is 1. The maximum atomic E-state index is 10.7. The number of nitrogen functional groups attached to an aromatic ring is 1. The number of hydrogen-bond acceptors (Lipinski definition) is 9. The number of aliphatic hydroxyl groups excluding tert-OH is 2. The van der Waals surface area contributed by atoms with Crippen LogP contribution in [0.15, 0.2) is 12.7 Å². The van der Waals surface area contributed by atoms with Gasteiger partial charge in [-0.25, -0.2) is 9.55 Å². The lowest BCUT2D eigenvalue weighted by molar-refractivity contribution is -0.894. The number of phosphoric acid groups is 1. The number of aromatic nitrogens is 4. The topological polar surface area (TPSA) is 197 Å². The molecule has 2 aromatic heterocycles. The van der Waals surface area contributed by atoms with Crippen LogP contribution < -0.4 is 10.5 Å². The van der Waals surface area contributed by atoms with E-state index in [1.165, 1.54) is 10.9 Å². The van der Waals surface area contributed by atoms with Crippen LogP contribution in [-0.4, -0.2) is 64.7 Å². The predicted molar refractivity (Wildman–Crippen MR) is 73.2 cm³/mol. The minimum absolute atomic E-state index is 0.0897. The molecule has 1 saturated heterocycles. The lowest BCUT2D eigenvalue weighted by atomic mass is 10.1. The zero-order valence-corrected chi connectivity index (χ0v) is 12.8. The van der Waals surface area contributed by atoms with Crippen molar-refractivity contribution in [3.05, 3.63) is 12.7 Å². The quantitative estimate of drug-likeness (QED) is 0.187. The molecule has 0 aliphatic carbocycles. The molecular formula is C10H15N5O8P+. The number of anilines is 1. The summed E-state index contributed by atoms with van der Waals surface area (Å²) in [6.45, 7) is -0.627. The highest BCUT2D eigenvalue weighted by molar-refractivity contribution is 7.46. The molecule has 7 N–H and O–H groups in total. The van der Waals surface area contributed by atoms with E-state index in [-0.39, 0.29) is 17.0 Å². The molecule has 1 aliphatic rings. The Kier molecular flexibility index (Phi) is 4.17. The number of nitrogens with two attached hydrogens (primary N) is 1. The van der Waals surface area contributed by atoms with Crippen molar-refractivity contribution in [2.45, 2.75) is 24.5 Å². The molecule has 0 spiro atoms. The molecule has 1 fully saturated rings. The van der Waals surface area contributed by atoms with Crippen molar-refractivity contribution in [2.24, 2.45) is 0 Å². The summed E-state index contributed by atoms with van der Waals surface area (Å²) in [7, 11) is -4.75. The minimum Gasteiger partial charge on any atom is -0.387 e. The van der Waals surface area contributed by atoms with Crippen molar-refractivity contribution in [1.82, 2.24) is 14.5 Å². The van der Waals surface area contributed by atoms with Gasteiger partial charge in [0, 0.05) is 0 Å². The number of fused-ring (bicyclic) bond motifs is 1. The molecule has 0 radical (unpaired) electrons. The fraction of sp³-hybridized carbons (Fsp3) is 0.500. The average molecular weight is 364 g/mol. The molecule has 0 bridgehead atoms. The third-order valence-corrected chi connectivity index (χ3v) is 4.05. The van der Waals surface area contributed by atoms with E-state index in [9.17, 15) is 20.0 Å². The molecule has 132 valence electrons. The van der Waals surface area contributed by atoms with Gasteiger partial charge < -0.3 is 35.7 Å². The average Bonchev–Trinajstić information content (AvgIpc) is 3.04. The van der Waals surface area contributed by atoms with E-state index in [1.807, 2.05) is 0 Å². The predicted octanol–water partition coefficient (Wildman–Crippen LogP) is -2.73. The first-order valence-electron chi connectivity index (χ1n) is 6.62. The van der Waals surface area contributed by atoms with Gasteiger partial charge in [-0.2, -0.15) is 0 Å². The fourth-order valence-electron chi connectivity index (χ4n) is 2.40. The normalized spacial score (nSPS) is 27.8. The summed E-state index contributed by atoms with van der Waals surface area (Å²) >= 11 is 0. The molecule has 0 aromatic carbocycles. The van der Waals surface area contributed by atoms with Gasteiger partial charge in [-0.05, 0) is 0 Å². The molecule has 0 unspecified atom stereocenters. The van der Waals surface area contributed by atoms with E-state index in [2.05, 4.69) is 14.5 Å². The first kappa shape index (κ1) is 17.0. The summed E-state index contributed by atoms with van der Waals surface area (Å²) in [5.74, 6) is -0.0897. The maximum Gasteiger partial charge on any atom is 0.469 e. The lowest BCUT2D eigenvalue weighted by Gasteiger charge is -2.15. The van der Waals surface area contributed by atoms with Crippen molar-refractivity contribution >= 4 is 24.8 Å². The molecule has 0 amide bonds. The third-order valence-electron chi connectivity index (χ3n) is 3.56. The van der Waals surface area contributed by atoms with E-state index in [4.69, 9.17) is 20.3 Å². The Morgan fingerprint density at radius 3 is 2.75 bits per heavy atom. The highest BCUT2D eigenvalue weighted by Gasteiger charge is 2.45. The zero-order valence-electron chi connectivity index (χ0n) is 11.9. The smallest absolute Gasteiger partial charge is 0.387 e. The Bertz CT molecular complexity index is 808. The molecule has 1 aliphatic heterocycles. The first-order chi connectivity index (χ1) is 11.2.